The number of imidazole rings is 1. The molecule has 3 rings (SSSR count). The fraction of sp³-hybridized carbons (Fsp3) is 0.400. The van der Waals surface area contributed by atoms with Crippen LogP contribution in [0.2, 0.25) is 0 Å². The van der Waals surface area contributed by atoms with E-state index in [1.165, 1.54) is 11.3 Å². The molecule has 1 aliphatic rings. The molecule has 0 fully saturated rings. The molecule has 0 bridgehead atoms. The topological polar surface area (TPSA) is 24.3 Å². The van der Waals surface area contributed by atoms with Gasteiger partial charge in [0, 0.05) is 40.3 Å². The van der Waals surface area contributed by atoms with Crippen molar-refractivity contribution < 1.29 is 0 Å². The van der Waals surface area contributed by atoms with Crippen molar-refractivity contribution in [2.75, 3.05) is 25.5 Å². The SMILES string of the molecule is CN(C)c1ncc2n1CCN(Cc1ccccc1)C2. The first-order chi connectivity index (χ1) is 9.24. The monoisotopic (exact) mass is 256 g/mol. The summed E-state index contributed by atoms with van der Waals surface area (Å²) in [7, 11) is 4.10. The van der Waals surface area contributed by atoms with Gasteiger partial charge in [0.25, 0.3) is 0 Å². The van der Waals surface area contributed by atoms with Crippen LogP contribution in [0.25, 0.3) is 0 Å². The Balaban J connectivity index is 1.73. The van der Waals surface area contributed by atoms with Gasteiger partial charge in [-0.15, -0.1) is 0 Å². The normalized spacial score (nSPS) is 15.3. The summed E-state index contributed by atoms with van der Waals surface area (Å²) in [5.41, 5.74) is 2.69. The summed E-state index contributed by atoms with van der Waals surface area (Å²) >= 11 is 0. The number of hydrogen-bond donors (Lipinski definition) is 0. The van der Waals surface area contributed by atoms with Crippen LogP contribution >= 0.6 is 0 Å². The van der Waals surface area contributed by atoms with Gasteiger partial charge in [0.15, 0.2) is 0 Å². The molecule has 1 aliphatic heterocycles. The van der Waals surface area contributed by atoms with Crippen molar-refractivity contribution in [2.45, 2.75) is 19.6 Å². The van der Waals surface area contributed by atoms with Crippen molar-refractivity contribution in [3.05, 3.63) is 47.8 Å². The minimum atomic E-state index is 0.982. The number of nitrogens with zero attached hydrogens (tertiary/aromatic N) is 4. The van der Waals surface area contributed by atoms with Crippen LogP contribution in [-0.4, -0.2) is 35.1 Å². The second-order valence-electron chi connectivity index (χ2n) is 5.29. The molecular formula is C15H20N4. The molecule has 0 radical (unpaired) electrons. The van der Waals surface area contributed by atoms with Crippen LogP contribution in [0.1, 0.15) is 11.3 Å². The zero-order valence-electron chi connectivity index (χ0n) is 11.6. The first-order valence-corrected chi connectivity index (χ1v) is 6.72. The van der Waals surface area contributed by atoms with E-state index in [4.69, 9.17) is 0 Å². The Bertz CT molecular complexity index is 545. The van der Waals surface area contributed by atoms with Crippen molar-refractivity contribution in [1.29, 1.82) is 0 Å². The molecule has 4 heteroatoms. The molecule has 2 aromatic rings. The molecule has 0 spiro atoms. The van der Waals surface area contributed by atoms with E-state index in [9.17, 15) is 0 Å². The predicted molar refractivity (Wildman–Crippen MR) is 77.1 cm³/mol. The van der Waals surface area contributed by atoms with Gasteiger partial charge in [-0.2, -0.15) is 0 Å². The Hall–Kier alpha value is -1.81. The molecule has 4 nitrogen and oxygen atoms in total. The van der Waals surface area contributed by atoms with Gasteiger partial charge in [0.1, 0.15) is 0 Å². The Morgan fingerprint density at radius 3 is 2.68 bits per heavy atom. The average Bonchev–Trinajstić information content (AvgIpc) is 2.83. The summed E-state index contributed by atoms with van der Waals surface area (Å²) in [5.74, 6) is 1.06. The van der Waals surface area contributed by atoms with Gasteiger partial charge in [0.05, 0.1) is 11.9 Å². The van der Waals surface area contributed by atoms with Crippen molar-refractivity contribution in [3.63, 3.8) is 0 Å². The number of rotatable bonds is 3. The maximum absolute atomic E-state index is 4.50. The van der Waals surface area contributed by atoms with Crippen LogP contribution in [0.3, 0.4) is 0 Å². The Morgan fingerprint density at radius 1 is 1.16 bits per heavy atom. The third kappa shape index (κ3) is 2.49. The summed E-state index contributed by atoms with van der Waals surface area (Å²) < 4.78 is 2.32. The van der Waals surface area contributed by atoms with E-state index in [1.54, 1.807) is 0 Å². The number of hydrogen-bond acceptors (Lipinski definition) is 3. The van der Waals surface area contributed by atoms with E-state index in [1.807, 2.05) is 20.3 Å². The quantitative estimate of drug-likeness (QED) is 0.839. The average molecular weight is 256 g/mol. The molecule has 0 saturated carbocycles. The molecule has 0 saturated heterocycles. The van der Waals surface area contributed by atoms with Gasteiger partial charge >= 0.3 is 0 Å². The first kappa shape index (κ1) is 12.2. The lowest BCUT2D eigenvalue weighted by Crippen LogP contribution is -2.34. The zero-order chi connectivity index (χ0) is 13.2. The number of anilines is 1. The highest BCUT2D eigenvalue weighted by Gasteiger charge is 2.20. The van der Waals surface area contributed by atoms with Crippen LogP contribution in [0.5, 0.6) is 0 Å². The highest BCUT2D eigenvalue weighted by atomic mass is 15.3. The molecule has 2 heterocycles. The number of fused-ring (bicyclic) bond motifs is 1. The van der Waals surface area contributed by atoms with Crippen LogP contribution in [-0.2, 0) is 19.6 Å². The van der Waals surface area contributed by atoms with Crippen molar-refractivity contribution in [1.82, 2.24) is 14.5 Å². The van der Waals surface area contributed by atoms with Crippen LogP contribution in [0.15, 0.2) is 36.5 Å². The third-order valence-electron chi connectivity index (χ3n) is 3.59. The highest BCUT2D eigenvalue weighted by Crippen LogP contribution is 2.20. The minimum Gasteiger partial charge on any atom is -0.348 e. The second-order valence-corrected chi connectivity index (χ2v) is 5.29. The van der Waals surface area contributed by atoms with Crippen molar-refractivity contribution >= 4 is 5.95 Å². The minimum absolute atomic E-state index is 0.982. The van der Waals surface area contributed by atoms with Gasteiger partial charge < -0.3 is 9.47 Å². The van der Waals surface area contributed by atoms with Gasteiger partial charge in [0.2, 0.25) is 5.95 Å². The van der Waals surface area contributed by atoms with Gasteiger partial charge in [-0.1, -0.05) is 30.3 Å². The van der Waals surface area contributed by atoms with E-state index in [-0.39, 0.29) is 0 Å². The fourth-order valence-electron chi connectivity index (χ4n) is 2.65. The second kappa shape index (κ2) is 5.05. The largest absolute Gasteiger partial charge is 0.348 e. The third-order valence-corrected chi connectivity index (χ3v) is 3.59. The van der Waals surface area contributed by atoms with Crippen molar-refractivity contribution in [2.24, 2.45) is 0 Å². The zero-order valence-corrected chi connectivity index (χ0v) is 11.6. The van der Waals surface area contributed by atoms with E-state index >= 15 is 0 Å². The molecule has 1 aromatic heterocycles. The molecule has 0 unspecified atom stereocenters. The smallest absolute Gasteiger partial charge is 0.205 e. The Morgan fingerprint density at radius 2 is 1.95 bits per heavy atom. The Kier molecular flexibility index (Phi) is 3.25. The molecule has 0 amide bonds. The molecule has 0 N–H and O–H groups in total. The number of aromatic nitrogens is 2. The fourth-order valence-corrected chi connectivity index (χ4v) is 2.65. The van der Waals surface area contributed by atoms with Crippen LogP contribution in [0.4, 0.5) is 5.95 Å². The van der Waals surface area contributed by atoms with Gasteiger partial charge in [-0.3, -0.25) is 4.90 Å². The van der Waals surface area contributed by atoms with E-state index in [0.717, 1.165) is 32.1 Å². The maximum Gasteiger partial charge on any atom is 0.205 e. The van der Waals surface area contributed by atoms with E-state index in [0.29, 0.717) is 0 Å². The summed E-state index contributed by atoms with van der Waals surface area (Å²) in [6, 6.07) is 10.7. The molecule has 100 valence electrons. The van der Waals surface area contributed by atoms with Gasteiger partial charge in [-0.05, 0) is 5.56 Å². The Labute approximate surface area is 114 Å². The van der Waals surface area contributed by atoms with Crippen LogP contribution < -0.4 is 4.90 Å². The summed E-state index contributed by atoms with van der Waals surface area (Å²) in [4.78, 5) is 9.06. The summed E-state index contributed by atoms with van der Waals surface area (Å²) in [6.45, 7) is 4.10. The van der Waals surface area contributed by atoms with Crippen molar-refractivity contribution in [3.8, 4) is 0 Å². The standard InChI is InChI=1S/C15H20N4/c1-17(2)15-16-10-14-12-18(8-9-19(14)15)11-13-6-4-3-5-7-13/h3-7,10H,8-9,11-12H2,1-2H3. The lowest BCUT2D eigenvalue weighted by Gasteiger charge is -2.29. The van der Waals surface area contributed by atoms with E-state index in [2.05, 4.69) is 49.7 Å². The molecule has 0 atom stereocenters. The molecule has 19 heavy (non-hydrogen) atoms. The maximum atomic E-state index is 4.50. The first-order valence-electron chi connectivity index (χ1n) is 6.72. The lowest BCUT2D eigenvalue weighted by atomic mass is 10.2. The van der Waals surface area contributed by atoms with Gasteiger partial charge in [-0.25, -0.2) is 4.98 Å². The lowest BCUT2D eigenvalue weighted by molar-refractivity contribution is 0.213. The van der Waals surface area contributed by atoms with Crippen LogP contribution in [0, 0.1) is 0 Å². The molecule has 0 aliphatic carbocycles. The molecular weight excluding hydrogens is 236 g/mol. The van der Waals surface area contributed by atoms with E-state index < -0.39 is 0 Å². The highest BCUT2D eigenvalue weighted by molar-refractivity contribution is 5.32. The predicted octanol–water partition coefficient (Wildman–Crippen LogP) is 1.96. The summed E-state index contributed by atoms with van der Waals surface area (Å²) in [5, 5.41) is 0. The molecule has 1 aromatic carbocycles. The number of benzene rings is 1. The summed E-state index contributed by atoms with van der Waals surface area (Å²) in [6.07, 6.45) is 2.01.